The van der Waals surface area contributed by atoms with Gasteiger partial charge < -0.3 is 16.2 Å². The molecule has 0 spiro atoms. The highest BCUT2D eigenvalue weighted by Crippen LogP contribution is 2.36. The minimum absolute atomic E-state index is 0.147. The number of rotatable bonds is 3. The van der Waals surface area contributed by atoms with Crippen LogP contribution in [0, 0.1) is 0 Å². The SMILES string of the molecule is Nc1c(C(=O)O)ccnc1Nc1ccccc1C(F)(F)F. The number of carboxylic acids is 1. The summed E-state index contributed by atoms with van der Waals surface area (Å²) in [5.74, 6) is -1.44. The molecule has 0 radical (unpaired) electrons. The van der Waals surface area contributed by atoms with Gasteiger partial charge in [-0.1, -0.05) is 12.1 Å². The molecule has 0 amide bonds. The fraction of sp³-hybridized carbons (Fsp3) is 0.0769. The van der Waals surface area contributed by atoms with E-state index in [-0.39, 0.29) is 22.8 Å². The van der Waals surface area contributed by atoms with Gasteiger partial charge in [0.2, 0.25) is 0 Å². The van der Waals surface area contributed by atoms with Gasteiger partial charge in [-0.15, -0.1) is 0 Å². The summed E-state index contributed by atoms with van der Waals surface area (Å²) < 4.78 is 38.6. The summed E-state index contributed by atoms with van der Waals surface area (Å²) in [5.41, 5.74) is 3.98. The Bertz CT molecular complexity index is 687. The van der Waals surface area contributed by atoms with Crippen LogP contribution in [0.25, 0.3) is 0 Å². The number of para-hydroxylation sites is 1. The molecule has 0 saturated carbocycles. The molecule has 8 heteroatoms. The molecular weight excluding hydrogens is 287 g/mol. The molecule has 2 aromatic rings. The van der Waals surface area contributed by atoms with E-state index in [1.807, 2.05) is 0 Å². The van der Waals surface area contributed by atoms with Crippen molar-refractivity contribution < 1.29 is 23.1 Å². The smallest absolute Gasteiger partial charge is 0.418 e. The van der Waals surface area contributed by atoms with Crippen molar-refractivity contribution in [3.05, 3.63) is 47.7 Å². The maximum atomic E-state index is 12.9. The van der Waals surface area contributed by atoms with Crippen molar-refractivity contribution in [2.45, 2.75) is 6.18 Å². The number of anilines is 3. The molecule has 1 aromatic carbocycles. The molecule has 5 nitrogen and oxygen atoms in total. The zero-order valence-corrected chi connectivity index (χ0v) is 10.5. The highest BCUT2D eigenvalue weighted by Gasteiger charge is 2.33. The van der Waals surface area contributed by atoms with Crippen LogP contribution in [0.4, 0.5) is 30.4 Å². The Balaban J connectivity index is 2.45. The number of hydrogen-bond donors (Lipinski definition) is 3. The van der Waals surface area contributed by atoms with E-state index in [1.54, 1.807) is 0 Å². The minimum atomic E-state index is -4.55. The first kappa shape index (κ1) is 14.6. The molecule has 0 unspecified atom stereocenters. The standard InChI is InChI=1S/C13H10F3N3O2/c14-13(15,16)8-3-1-2-4-9(8)19-11-10(17)7(12(20)21)5-6-18-11/h1-6H,17H2,(H,18,19)(H,20,21). The summed E-state index contributed by atoms with van der Waals surface area (Å²) in [5, 5.41) is 11.3. The van der Waals surface area contributed by atoms with Crippen molar-refractivity contribution in [1.29, 1.82) is 0 Å². The van der Waals surface area contributed by atoms with Crippen LogP contribution in [-0.2, 0) is 6.18 Å². The topological polar surface area (TPSA) is 88.2 Å². The largest absolute Gasteiger partial charge is 0.478 e. The summed E-state index contributed by atoms with van der Waals surface area (Å²) in [6, 6.07) is 5.93. The van der Waals surface area contributed by atoms with Crippen molar-refractivity contribution >= 4 is 23.2 Å². The lowest BCUT2D eigenvalue weighted by Gasteiger charge is -2.15. The van der Waals surface area contributed by atoms with E-state index in [9.17, 15) is 18.0 Å². The van der Waals surface area contributed by atoms with Crippen LogP contribution in [0.2, 0.25) is 0 Å². The zero-order chi connectivity index (χ0) is 15.6. The van der Waals surface area contributed by atoms with Crippen LogP contribution in [0.5, 0.6) is 0 Å². The van der Waals surface area contributed by atoms with E-state index in [2.05, 4.69) is 10.3 Å². The lowest BCUT2D eigenvalue weighted by molar-refractivity contribution is -0.136. The summed E-state index contributed by atoms with van der Waals surface area (Å²) in [6.45, 7) is 0. The van der Waals surface area contributed by atoms with Gasteiger partial charge in [-0.25, -0.2) is 9.78 Å². The van der Waals surface area contributed by atoms with Crippen LogP contribution < -0.4 is 11.1 Å². The van der Waals surface area contributed by atoms with Crippen molar-refractivity contribution in [3.63, 3.8) is 0 Å². The number of halogens is 3. The number of carboxylic acid groups (broad SMARTS) is 1. The van der Waals surface area contributed by atoms with Crippen LogP contribution >= 0.6 is 0 Å². The van der Waals surface area contributed by atoms with Gasteiger partial charge in [-0.05, 0) is 18.2 Å². The number of carbonyl (C=O) groups is 1. The summed E-state index contributed by atoms with van der Waals surface area (Å²) in [4.78, 5) is 14.7. The number of aromatic nitrogens is 1. The molecule has 4 N–H and O–H groups in total. The molecule has 0 atom stereocenters. The first-order chi connectivity index (χ1) is 9.80. The number of alkyl halides is 3. The Morgan fingerprint density at radius 2 is 1.90 bits per heavy atom. The second kappa shape index (κ2) is 5.31. The number of nitrogens with zero attached hydrogens (tertiary/aromatic N) is 1. The van der Waals surface area contributed by atoms with Crippen molar-refractivity contribution in [2.75, 3.05) is 11.1 Å². The highest BCUT2D eigenvalue weighted by atomic mass is 19.4. The minimum Gasteiger partial charge on any atom is -0.478 e. The van der Waals surface area contributed by atoms with Crippen LogP contribution in [0.1, 0.15) is 15.9 Å². The molecule has 0 bridgehead atoms. The maximum Gasteiger partial charge on any atom is 0.418 e. The van der Waals surface area contributed by atoms with Gasteiger partial charge in [0.25, 0.3) is 0 Å². The summed E-state index contributed by atoms with van der Waals surface area (Å²) >= 11 is 0. The normalized spacial score (nSPS) is 11.2. The Morgan fingerprint density at radius 3 is 2.52 bits per heavy atom. The predicted octanol–water partition coefficient (Wildman–Crippen LogP) is 3.12. The number of nitrogens with one attached hydrogen (secondary N) is 1. The fourth-order valence-corrected chi connectivity index (χ4v) is 1.73. The van der Waals surface area contributed by atoms with E-state index < -0.39 is 17.7 Å². The predicted molar refractivity (Wildman–Crippen MR) is 70.3 cm³/mol. The lowest BCUT2D eigenvalue weighted by atomic mass is 10.1. The Kier molecular flexibility index (Phi) is 3.70. The van der Waals surface area contributed by atoms with Gasteiger partial charge >= 0.3 is 12.1 Å². The van der Waals surface area contributed by atoms with E-state index in [0.29, 0.717) is 0 Å². The number of hydrogen-bond acceptors (Lipinski definition) is 4. The third kappa shape index (κ3) is 3.04. The third-order valence-corrected chi connectivity index (χ3v) is 2.71. The molecule has 0 aliphatic rings. The maximum absolute atomic E-state index is 12.9. The Labute approximate surface area is 117 Å². The first-order valence-corrected chi connectivity index (χ1v) is 5.71. The number of nitrogen functional groups attached to an aromatic ring is 1. The monoisotopic (exact) mass is 297 g/mol. The second-order valence-electron chi connectivity index (χ2n) is 4.09. The van der Waals surface area contributed by atoms with Crippen LogP contribution in [0.3, 0.4) is 0 Å². The van der Waals surface area contributed by atoms with E-state index in [4.69, 9.17) is 10.8 Å². The highest BCUT2D eigenvalue weighted by molar-refractivity contribution is 5.96. The number of aromatic carboxylic acids is 1. The zero-order valence-electron chi connectivity index (χ0n) is 10.5. The fourth-order valence-electron chi connectivity index (χ4n) is 1.73. The molecule has 0 aliphatic heterocycles. The average Bonchev–Trinajstić information content (AvgIpc) is 2.40. The van der Waals surface area contributed by atoms with Crippen molar-refractivity contribution in [2.24, 2.45) is 0 Å². The molecule has 0 saturated heterocycles. The Morgan fingerprint density at radius 1 is 1.24 bits per heavy atom. The third-order valence-electron chi connectivity index (χ3n) is 2.71. The molecule has 110 valence electrons. The van der Waals surface area contributed by atoms with Crippen molar-refractivity contribution in [1.82, 2.24) is 4.98 Å². The van der Waals surface area contributed by atoms with E-state index >= 15 is 0 Å². The van der Waals surface area contributed by atoms with Crippen LogP contribution in [-0.4, -0.2) is 16.1 Å². The molecule has 1 heterocycles. The molecule has 0 aliphatic carbocycles. The van der Waals surface area contributed by atoms with Gasteiger partial charge in [0.05, 0.1) is 22.5 Å². The van der Waals surface area contributed by atoms with Gasteiger partial charge in [-0.3, -0.25) is 0 Å². The van der Waals surface area contributed by atoms with Gasteiger partial charge in [0, 0.05) is 6.20 Å². The summed E-state index contributed by atoms with van der Waals surface area (Å²) in [7, 11) is 0. The van der Waals surface area contributed by atoms with Crippen molar-refractivity contribution in [3.8, 4) is 0 Å². The number of pyridine rings is 1. The quantitative estimate of drug-likeness (QED) is 0.810. The second-order valence-corrected chi connectivity index (χ2v) is 4.09. The number of nitrogens with two attached hydrogens (primary N) is 1. The number of benzene rings is 1. The van der Waals surface area contributed by atoms with Gasteiger partial charge in [0.1, 0.15) is 0 Å². The average molecular weight is 297 g/mol. The Hall–Kier alpha value is -2.77. The molecule has 1 aromatic heterocycles. The first-order valence-electron chi connectivity index (χ1n) is 5.71. The molecule has 2 rings (SSSR count). The molecule has 21 heavy (non-hydrogen) atoms. The van der Waals surface area contributed by atoms with E-state index in [0.717, 1.165) is 12.3 Å². The molecule has 0 fully saturated rings. The van der Waals surface area contributed by atoms with Gasteiger partial charge in [0.15, 0.2) is 5.82 Å². The van der Waals surface area contributed by atoms with E-state index in [1.165, 1.54) is 24.3 Å². The molecular formula is C13H10F3N3O2. The van der Waals surface area contributed by atoms with Crippen LogP contribution in [0.15, 0.2) is 36.5 Å². The summed E-state index contributed by atoms with van der Waals surface area (Å²) in [6.07, 6.45) is -3.40. The van der Waals surface area contributed by atoms with Gasteiger partial charge in [-0.2, -0.15) is 13.2 Å². The lowest BCUT2D eigenvalue weighted by Crippen LogP contribution is -2.11.